The summed E-state index contributed by atoms with van der Waals surface area (Å²) in [7, 11) is 0. The van der Waals surface area contributed by atoms with Gasteiger partial charge in [0.05, 0.1) is 0 Å². The van der Waals surface area contributed by atoms with E-state index >= 15 is 0 Å². The highest BCUT2D eigenvalue weighted by molar-refractivity contribution is 6.07. The van der Waals surface area contributed by atoms with E-state index in [1.54, 1.807) is 0 Å². The summed E-state index contributed by atoms with van der Waals surface area (Å²) < 4.78 is 6.39. The summed E-state index contributed by atoms with van der Waals surface area (Å²) in [5.74, 6) is 0.705. The van der Waals surface area contributed by atoms with E-state index in [4.69, 9.17) is 14.4 Å². The Kier molecular flexibility index (Phi) is 5.43. The van der Waals surface area contributed by atoms with Crippen LogP contribution in [0.3, 0.4) is 0 Å². The maximum atomic E-state index is 6.39. The number of aromatic nitrogens is 2. The van der Waals surface area contributed by atoms with Crippen molar-refractivity contribution in [2.24, 2.45) is 0 Å². The minimum Gasteiger partial charge on any atom is -0.452 e. The molecule has 2 aromatic heterocycles. The molecule has 0 aliphatic heterocycles. The van der Waals surface area contributed by atoms with E-state index in [1.165, 1.54) is 65.5 Å². The highest BCUT2D eigenvalue weighted by Crippen LogP contribution is 2.58. The molecule has 1 saturated carbocycles. The zero-order chi connectivity index (χ0) is 28.4. The summed E-state index contributed by atoms with van der Waals surface area (Å²) in [6.07, 6.45) is 6.34. The fourth-order valence-corrected chi connectivity index (χ4v) is 7.79. The maximum absolute atomic E-state index is 6.39. The predicted octanol–water partition coefficient (Wildman–Crippen LogP) is 10.6. The Bertz CT molecular complexity index is 2150. The van der Waals surface area contributed by atoms with Crippen molar-refractivity contribution < 1.29 is 4.42 Å². The van der Waals surface area contributed by atoms with Gasteiger partial charge in [0.25, 0.3) is 0 Å². The van der Waals surface area contributed by atoms with Gasteiger partial charge in [-0.05, 0) is 58.4 Å². The van der Waals surface area contributed by atoms with Crippen LogP contribution in [0.2, 0.25) is 0 Å². The normalized spacial score (nSPS) is 15.2. The van der Waals surface area contributed by atoms with Crippen LogP contribution in [0.1, 0.15) is 43.2 Å². The summed E-state index contributed by atoms with van der Waals surface area (Å²) in [4.78, 5) is 10.1. The van der Waals surface area contributed by atoms with Crippen molar-refractivity contribution in [1.82, 2.24) is 9.97 Å². The molecule has 5 aromatic carbocycles. The van der Waals surface area contributed by atoms with E-state index in [1.807, 2.05) is 36.4 Å². The number of hydrogen-bond acceptors (Lipinski definition) is 3. The average molecular weight is 555 g/mol. The lowest BCUT2D eigenvalue weighted by Gasteiger charge is -2.37. The van der Waals surface area contributed by atoms with Gasteiger partial charge in [0.15, 0.2) is 11.4 Å². The number of para-hydroxylation sites is 1. The van der Waals surface area contributed by atoms with Gasteiger partial charge in [-0.15, -0.1) is 0 Å². The molecule has 43 heavy (non-hydrogen) atoms. The van der Waals surface area contributed by atoms with Crippen LogP contribution in [-0.4, -0.2) is 9.97 Å². The number of benzene rings is 5. The van der Waals surface area contributed by atoms with Crippen molar-refractivity contribution in [3.8, 4) is 44.9 Å². The molecule has 0 unspecified atom stereocenters. The van der Waals surface area contributed by atoms with Crippen molar-refractivity contribution in [2.45, 2.75) is 37.5 Å². The van der Waals surface area contributed by atoms with Gasteiger partial charge in [-0.25, -0.2) is 9.97 Å². The van der Waals surface area contributed by atoms with E-state index in [0.29, 0.717) is 5.82 Å². The molecule has 1 spiro atoms. The zero-order valence-corrected chi connectivity index (χ0v) is 23.9. The minimum atomic E-state index is 0.108. The van der Waals surface area contributed by atoms with E-state index in [2.05, 4.69) is 84.9 Å². The summed E-state index contributed by atoms with van der Waals surface area (Å²) in [6.45, 7) is 0. The number of furan rings is 1. The van der Waals surface area contributed by atoms with Gasteiger partial charge in [0.1, 0.15) is 16.8 Å². The highest BCUT2D eigenvalue weighted by Gasteiger charge is 2.45. The Balaban J connectivity index is 1.21. The summed E-state index contributed by atoms with van der Waals surface area (Å²) in [6, 6.07) is 43.3. The molecule has 3 nitrogen and oxygen atoms in total. The van der Waals surface area contributed by atoms with Crippen LogP contribution < -0.4 is 0 Å². The van der Waals surface area contributed by atoms with Gasteiger partial charge < -0.3 is 4.42 Å². The second-order valence-electron chi connectivity index (χ2n) is 12.0. The summed E-state index contributed by atoms with van der Waals surface area (Å²) >= 11 is 0. The van der Waals surface area contributed by atoms with Crippen LogP contribution in [0.4, 0.5) is 0 Å². The van der Waals surface area contributed by atoms with Crippen molar-refractivity contribution in [2.75, 3.05) is 0 Å². The standard InChI is InChI=1S/C40H30N2O/c1-3-12-28(13-4-1)39-41-36(38-37(42-39)32-15-6-8-19-34(32)43-38)27-22-20-26(21-23-27)29-16-11-17-31-30-14-5-7-18-33(30)40(35(29)31)24-9-2-10-25-40/h1,3-8,11-23H,2,9-10,24-25H2. The monoisotopic (exact) mass is 554 g/mol. The molecule has 0 atom stereocenters. The Hall–Kier alpha value is -5.02. The molecule has 7 aromatic rings. The quantitative estimate of drug-likeness (QED) is 0.218. The SMILES string of the molecule is c1ccc(-c2nc(-c3ccc(-c4cccc5c4C4(CCCCC4)c4ccccc4-5)cc3)c3oc4ccccc4c3n2)cc1. The second-order valence-corrected chi connectivity index (χ2v) is 12.0. The van der Waals surface area contributed by atoms with E-state index in [-0.39, 0.29) is 5.41 Å². The van der Waals surface area contributed by atoms with Crippen LogP contribution >= 0.6 is 0 Å². The van der Waals surface area contributed by atoms with Crippen LogP contribution in [0.15, 0.2) is 126 Å². The minimum absolute atomic E-state index is 0.108. The molecule has 206 valence electrons. The number of hydrogen-bond donors (Lipinski definition) is 0. The third-order valence-electron chi connectivity index (χ3n) is 9.70. The molecule has 1 fully saturated rings. The number of fused-ring (bicyclic) bond motifs is 8. The van der Waals surface area contributed by atoms with Crippen molar-refractivity contribution in [3.05, 3.63) is 132 Å². The van der Waals surface area contributed by atoms with Gasteiger partial charge in [-0.3, -0.25) is 0 Å². The maximum Gasteiger partial charge on any atom is 0.180 e. The van der Waals surface area contributed by atoms with Gasteiger partial charge in [0.2, 0.25) is 0 Å². The van der Waals surface area contributed by atoms with Crippen molar-refractivity contribution >= 4 is 22.1 Å². The Labute approximate surface area is 250 Å². The summed E-state index contributed by atoms with van der Waals surface area (Å²) in [5, 5.41) is 1.01. The molecular weight excluding hydrogens is 524 g/mol. The molecule has 0 bridgehead atoms. The molecular formula is C40H30N2O. The Morgan fingerprint density at radius 3 is 2.09 bits per heavy atom. The first kappa shape index (κ1) is 24.6. The van der Waals surface area contributed by atoms with Crippen molar-refractivity contribution in [3.63, 3.8) is 0 Å². The molecule has 9 rings (SSSR count). The molecule has 0 radical (unpaired) electrons. The molecule has 2 aliphatic rings. The number of nitrogens with zero attached hydrogens (tertiary/aromatic N) is 2. The smallest absolute Gasteiger partial charge is 0.180 e. The van der Waals surface area contributed by atoms with Gasteiger partial charge >= 0.3 is 0 Å². The lowest BCUT2D eigenvalue weighted by molar-refractivity contribution is 0.353. The lowest BCUT2D eigenvalue weighted by Crippen LogP contribution is -2.28. The molecule has 3 heteroatoms. The van der Waals surface area contributed by atoms with E-state index in [0.717, 1.165) is 38.9 Å². The predicted molar refractivity (Wildman–Crippen MR) is 175 cm³/mol. The first-order valence-corrected chi connectivity index (χ1v) is 15.4. The second kappa shape index (κ2) is 9.50. The summed E-state index contributed by atoms with van der Waals surface area (Å²) in [5.41, 5.74) is 13.8. The molecule has 0 N–H and O–H groups in total. The molecule has 0 saturated heterocycles. The molecule has 2 aliphatic carbocycles. The third kappa shape index (κ3) is 3.67. The van der Waals surface area contributed by atoms with Gasteiger partial charge in [-0.2, -0.15) is 0 Å². The Morgan fingerprint density at radius 2 is 1.23 bits per heavy atom. The largest absolute Gasteiger partial charge is 0.452 e. The van der Waals surface area contributed by atoms with E-state index < -0.39 is 0 Å². The van der Waals surface area contributed by atoms with E-state index in [9.17, 15) is 0 Å². The first-order valence-electron chi connectivity index (χ1n) is 15.4. The fraction of sp³-hybridized carbons (Fsp3) is 0.150. The van der Waals surface area contributed by atoms with Crippen LogP contribution in [-0.2, 0) is 5.41 Å². The number of rotatable bonds is 3. The Morgan fingerprint density at radius 1 is 0.535 bits per heavy atom. The third-order valence-corrected chi connectivity index (χ3v) is 9.70. The highest BCUT2D eigenvalue weighted by atomic mass is 16.3. The van der Waals surface area contributed by atoms with Crippen LogP contribution in [0.5, 0.6) is 0 Å². The average Bonchev–Trinajstić information content (AvgIpc) is 3.59. The molecule has 2 heterocycles. The van der Waals surface area contributed by atoms with Gasteiger partial charge in [-0.1, -0.05) is 128 Å². The van der Waals surface area contributed by atoms with Gasteiger partial charge in [0, 0.05) is 21.9 Å². The fourth-order valence-electron chi connectivity index (χ4n) is 7.79. The first-order chi connectivity index (χ1) is 21.3. The van der Waals surface area contributed by atoms with Crippen LogP contribution in [0.25, 0.3) is 67.0 Å². The zero-order valence-electron chi connectivity index (χ0n) is 23.9. The van der Waals surface area contributed by atoms with Crippen LogP contribution in [0, 0.1) is 0 Å². The molecule has 0 amide bonds. The van der Waals surface area contributed by atoms with Crippen molar-refractivity contribution in [1.29, 1.82) is 0 Å². The lowest BCUT2D eigenvalue weighted by atomic mass is 9.66. The topological polar surface area (TPSA) is 38.9 Å².